The molecular formula is C16H15BrN2. The van der Waals surface area contributed by atoms with Crippen LogP contribution in [0.25, 0.3) is 0 Å². The summed E-state index contributed by atoms with van der Waals surface area (Å²) in [4.78, 5) is 0. The summed E-state index contributed by atoms with van der Waals surface area (Å²) in [7, 11) is 0. The highest BCUT2D eigenvalue weighted by Gasteiger charge is 2.04. The molecule has 0 radical (unpaired) electrons. The minimum atomic E-state index is 0.661. The molecule has 0 atom stereocenters. The van der Waals surface area contributed by atoms with E-state index in [1.54, 1.807) is 0 Å². The maximum Gasteiger partial charge on any atom is 0.101 e. The van der Waals surface area contributed by atoms with Gasteiger partial charge in [0.2, 0.25) is 0 Å². The standard InChI is InChI=1S/C16H15BrN2/c1-11-4-3-5-14(12(11)2)10-19-16-8-15(17)7-6-13(16)9-18/h3-8,19H,10H2,1-2H3. The highest BCUT2D eigenvalue weighted by molar-refractivity contribution is 9.10. The van der Waals surface area contributed by atoms with E-state index in [0.29, 0.717) is 5.56 Å². The second-order valence-electron chi connectivity index (χ2n) is 4.51. The highest BCUT2D eigenvalue weighted by Crippen LogP contribution is 2.22. The van der Waals surface area contributed by atoms with Crippen molar-refractivity contribution in [2.75, 3.05) is 5.32 Å². The van der Waals surface area contributed by atoms with Crippen molar-refractivity contribution < 1.29 is 0 Å². The summed E-state index contributed by atoms with van der Waals surface area (Å²) in [5, 5.41) is 12.4. The van der Waals surface area contributed by atoms with Gasteiger partial charge in [-0.2, -0.15) is 5.26 Å². The van der Waals surface area contributed by atoms with E-state index in [1.807, 2.05) is 18.2 Å². The molecule has 2 rings (SSSR count). The fourth-order valence-corrected chi connectivity index (χ4v) is 2.32. The zero-order valence-electron chi connectivity index (χ0n) is 11.0. The van der Waals surface area contributed by atoms with Gasteiger partial charge in [-0.1, -0.05) is 34.1 Å². The van der Waals surface area contributed by atoms with Crippen molar-refractivity contribution in [2.24, 2.45) is 0 Å². The monoisotopic (exact) mass is 314 g/mol. The lowest BCUT2D eigenvalue weighted by Gasteiger charge is -2.12. The molecule has 19 heavy (non-hydrogen) atoms. The zero-order valence-corrected chi connectivity index (χ0v) is 12.6. The molecule has 0 fully saturated rings. The third kappa shape index (κ3) is 3.15. The fraction of sp³-hybridized carbons (Fsp3) is 0.188. The summed E-state index contributed by atoms with van der Waals surface area (Å²) < 4.78 is 0.968. The number of halogens is 1. The lowest BCUT2D eigenvalue weighted by atomic mass is 10.0. The number of aryl methyl sites for hydroxylation is 1. The quantitative estimate of drug-likeness (QED) is 0.902. The van der Waals surface area contributed by atoms with Crippen molar-refractivity contribution in [1.82, 2.24) is 0 Å². The normalized spacial score (nSPS) is 10.0. The lowest BCUT2D eigenvalue weighted by molar-refractivity contribution is 1.10. The summed E-state index contributed by atoms with van der Waals surface area (Å²) in [6, 6.07) is 14.1. The van der Waals surface area contributed by atoms with E-state index in [1.165, 1.54) is 16.7 Å². The molecule has 0 aromatic heterocycles. The first kappa shape index (κ1) is 13.6. The van der Waals surface area contributed by atoms with E-state index in [9.17, 15) is 0 Å². The van der Waals surface area contributed by atoms with Gasteiger partial charge < -0.3 is 5.32 Å². The van der Waals surface area contributed by atoms with Crippen molar-refractivity contribution in [3.63, 3.8) is 0 Å². The molecule has 0 unspecified atom stereocenters. The molecule has 0 heterocycles. The molecular weight excluding hydrogens is 300 g/mol. The van der Waals surface area contributed by atoms with Gasteiger partial charge in [-0.05, 0) is 48.7 Å². The van der Waals surface area contributed by atoms with Gasteiger partial charge in [0.1, 0.15) is 6.07 Å². The van der Waals surface area contributed by atoms with Crippen molar-refractivity contribution in [3.05, 3.63) is 63.1 Å². The second-order valence-corrected chi connectivity index (χ2v) is 5.43. The Morgan fingerprint density at radius 1 is 1.21 bits per heavy atom. The number of benzene rings is 2. The average molecular weight is 315 g/mol. The van der Waals surface area contributed by atoms with Gasteiger partial charge in [0.05, 0.1) is 11.3 Å². The smallest absolute Gasteiger partial charge is 0.101 e. The number of anilines is 1. The Morgan fingerprint density at radius 3 is 2.74 bits per heavy atom. The lowest BCUT2D eigenvalue weighted by Crippen LogP contribution is -2.03. The molecule has 0 aliphatic carbocycles. The van der Waals surface area contributed by atoms with Crippen LogP contribution < -0.4 is 5.32 Å². The van der Waals surface area contributed by atoms with E-state index in [0.717, 1.165) is 16.7 Å². The van der Waals surface area contributed by atoms with Gasteiger partial charge in [-0.25, -0.2) is 0 Å². The van der Waals surface area contributed by atoms with E-state index in [4.69, 9.17) is 5.26 Å². The van der Waals surface area contributed by atoms with Crippen LogP contribution in [0.2, 0.25) is 0 Å². The summed E-state index contributed by atoms with van der Waals surface area (Å²) in [6.45, 7) is 4.95. The number of hydrogen-bond acceptors (Lipinski definition) is 2. The Labute approximate surface area is 122 Å². The molecule has 0 saturated heterocycles. The first-order chi connectivity index (χ1) is 9.11. The van der Waals surface area contributed by atoms with Gasteiger partial charge in [-0.3, -0.25) is 0 Å². The minimum absolute atomic E-state index is 0.661. The third-order valence-electron chi connectivity index (χ3n) is 3.29. The molecule has 0 bridgehead atoms. The Bertz CT molecular complexity index is 642. The Hall–Kier alpha value is -1.79. The fourth-order valence-electron chi connectivity index (χ4n) is 1.95. The van der Waals surface area contributed by atoms with Crippen molar-refractivity contribution in [2.45, 2.75) is 20.4 Å². The highest BCUT2D eigenvalue weighted by atomic mass is 79.9. The SMILES string of the molecule is Cc1cccc(CNc2cc(Br)ccc2C#N)c1C. The summed E-state index contributed by atoms with van der Waals surface area (Å²) in [5.41, 5.74) is 5.35. The largest absolute Gasteiger partial charge is 0.380 e. The summed E-state index contributed by atoms with van der Waals surface area (Å²) in [6.07, 6.45) is 0. The van der Waals surface area contributed by atoms with Gasteiger partial charge in [0, 0.05) is 11.0 Å². The third-order valence-corrected chi connectivity index (χ3v) is 3.78. The predicted octanol–water partition coefficient (Wildman–Crippen LogP) is 4.55. The topological polar surface area (TPSA) is 35.8 Å². The molecule has 2 nitrogen and oxygen atoms in total. The molecule has 0 spiro atoms. The molecule has 0 aliphatic rings. The van der Waals surface area contributed by atoms with Crippen molar-refractivity contribution in [3.8, 4) is 6.07 Å². The molecule has 2 aromatic carbocycles. The number of nitriles is 1. The molecule has 3 heteroatoms. The molecule has 0 aliphatic heterocycles. The van der Waals surface area contributed by atoms with Gasteiger partial charge in [0.15, 0.2) is 0 Å². The van der Waals surface area contributed by atoms with E-state index < -0.39 is 0 Å². The minimum Gasteiger partial charge on any atom is -0.380 e. The zero-order chi connectivity index (χ0) is 13.8. The van der Waals surface area contributed by atoms with Crippen LogP contribution in [-0.2, 0) is 6.54 Å². The molecule has 96 valence electrons. The van der Waals surface area contributed by atoms with Crippen molar-refractivity contribution in [1.29, 1.82) is 5.26 Å². The van der Waals surface area contributed by atoms with E-state index >= 15 is 0 Å². The number of nitrogens with zero attached hydrogens (tertiary/aromatic N) is 1. The summed E-state index contributed by atoms with van der Waals surface area (Å²) >= 11 is 3.43. The van der Waals surface area contributed by atoms with Crippen LogP contribution in [0.5, 0.6) is 0 Å². The van der Waals surface area contributed by atoms with Crippen LogP contribution in [0.4, 0.5) is 5.69 Å². The summed E-state index contributed by atoms with van der Waals surface area (Å²) in [5.74, 6) is 0. The van der Waals surface area contributed by atoms with E-state index in [2.05, 4.69) is 59.4 Å². The molecule has 0 amide bonds. The Morgan fingerprint density at radius 2 is 2.00 bits per heavy atom. The molecule has 2 aromatic rings. The Balaban J connectivity index is 2.21. The van der Waals surface area contributed by atoms with Crippen LogP contribution in [0, 0.1) is 25.2 Å². The average Bonchev–Trinajstić information content (AvgIpc) is 2.40. The van der Waals surface area contributed by atoms with Crippen LogP contribution in [0.15, 0.2) is 40.9 Å². The molecule has 0 saturated carbocycles. The predicted molar refractivity (Wildman–Crippen MR) is 82.1 cm³/mol. The maximum atomic E-state index is 9.10. The number of nitrogens with one attached hydrogen (secondary N) is 1. The van der Waals surface area contributed by atoms with Crippen LogP contribution >= 0.6 is 15.9 Å². The number of rotatable bonds is 3. The van der Waals surface area contributed by atoms with Crippen LogP contribution in [0.1, 0.15) is 22.3 Å². The van der Waals surface area contributed by atoms with Crippen molar-refractivity contribution >= 4 is 21.6 Å². The van der Waals surface area contributed by atoms with Gasteiger partial charge >= 0.3 is 0 Å². The van der Waals surface area contributed by atoms with Crippen LogP contribution in [-0.4, -0.2) is 0 Å². The number of hydrogen-bond donors (Lipinski definition) is 1. The van der Waals surface area contributed by atoms with Gasteiger partial charge in [0.25, 0.3) is 0 Å². The molecule has 1 N–H and O–H groups in total. The Kier molecular flexibility index (Phi) is 4.24. The second kappa shape index (κ2) is 5.90. The maximum absolute atomic E-state index is 9.10. The van der Waals surface area contributed by atoms with E-state index in [-0.39, 0.29) is 0 Å². The van der Waals surface area contributed by atoms with Gasteiger partial charge in [-0.15, -0.1) is 0 Å². The van der Waals surface area contributed by atoms with Crippen LogP contribution in [0.3, 0.4) is 0 Å². The first-order valence-corrected chi connectivity index (χ1v) is 6.89. The first-order valence-electron chi connectivity index (χ1n) is 6.10.